The van der Waals surface area contributed by atoms with Gasteiger partial charge < -0.3 is 14.4 Å². The molecule has 1 N–H and O–H groups in total. The van der Waals surface area contributed by atoms with Crippen LogP contribution in [0.4, 0.5) is 4.79 Å². The normalized spacial score (nSPS) is 11.3. The van der Waals surface area contributed by atoms with E-state index >= 15 is 0 Å². The van der Waals surface area contributed by atoms with Crippen molar-refractivity contribution in [2.75, 3.05) is 12.3 Å². The molecular weight excluding hydrogens is 304 g/mol. The van der Waals surface area contributed by atoms with E-state index < -0.39 is 10.1 Å². The fraction of sp³-hybridized carbons (Fsp3) is 0.533. The van der Waals surface area contributed by atoms with Crippen LogP contribution >= 0.6 is 0 Å². The van der Waals surface area contributed by atoms with Crippen LogP contribution in [0.15, 0.2) is 24.3 Å². The highest BCUT2D eigenvalue weighted by Crippen LogP contribution is 2.22. The number of amides is 2. The van der Waals surface area contributed by atoms with Crippen molar-refractivity contribution in [3.8, 4) is 5.75 Å². The highest BCUT2D eigenvalue weighted by atomic mass is 32.2. The number of nitrogens with zero attached hydrogens (tertiary/aromatic N) is 1. The van der Waals surface area contributed by atoms with Crippen molar-refractivity contribution in [2.24, 2.45) is 0 Å². The van der Waals surface area contributed by atoms with Gasteiger partial charge >= 0.3 is 16.1 Å². The summed E-state index contributed by atoms with van der Waals surface area (Å²) in [6.07, 6.45) is 0. The van der Waals surface area contributed by atoms with E-state index in [0.29, 0.717) is 12.1 Å². The highest BCUT2D eigenvalue weighted by molar-refractivity contribution is 7.87. The molecule has 2 amide bonds. The molecule has 0 atom stereocenters. The first-order valence-electron chi connectivity index (χ1n) is 7.35. The Kier molecular flexibility index (Phi) is 6.67. The molecule has 124 valence electrons. The van der Waals surface area contributed by atoms with Gasteiger partial charge in [0, 0.05) is 18.2 Å². The first-order valence-corrected chi connectivity index (χ1v) is 8.93. The molecule has 0 spiro atoms. The lowest BCUT2D eigenvalue weighted by atomic mass is 10.1. The smallest absolute Gasteiger partial charge is 0.317 e. The van der Waals surface area contributed by atoms with Gasteiger partial charge in [-0.3, -0.25) is 0 Å². The fourth-order valence-electron chi connectivity index (χ4n) is 1.84. The Bertz CT molecular complexity index is 599. The molecule has 0 saturated heterocycles. The third-order valence-electron chi connectivity index (χ3n) is 3.10. The molecule has 0 unspecified atom stereocenters. The van der Waals surface area contributed by atoms with Crippen molar-refractivity contribution in [1.29, 1.82) is 0 Å². The van der Waals surface area contributed by atoms with E-state index in [1.54, 1.807) is 29.2 Å². The number of hydrogen-bond acceptors (Lipinski definition) is 4. The average Bonchev–Trinajstić information content (AvgIpc) is 2.45. The lowest BCUT2D eigenvalue weighted by Crippen LogP contribution is -2.43. The van der Waals surface area contributed by atoms with Crippen molar-refractivity contribution < 1.29 is 17.4 Å². The van der Waals surface area contributed by atoms with Gasteiger partial charge in [0.1, 0.15) is 5.75 Å². The molecule has 1 rings (SSSR count). The van der Waals surface area contributed by atoms with Gasteiger partial charge in [-0.25, -0.2) is 4.79 Å². The molecule has 0 heterocycles. The minimum absolute atomic E-state index is 0.0256. The standard InChI is InChI=1S/C15H24N2O4S/c1-5-16-15(18)17(12(3)4)11-13-9-7-8-10-14(13)21-22(19,20)6-2/h7-10,12H,5-6,11H2,1-4H3,(H,16,18). The van der Waals surface area contributed by atoms with E-state index in [0.717, 1.165) is 0 Å². The Hall–Kier alpha value is -1.76. The largest absolute Gasteiger partial charge is 0.382 e. The maximum absolute atomic E-state index is 12.1. The van der Waals surface area contributed by atoms with Gasteiger partial charge in [0.15, 0.2) is 0 Å². The quantitative estimate of drug-likeness (QED) is 0.780. The van der Waals surface area contributed by atoms with E-state index in [-0.39, 0.29) is 30.1 Å². The van der Waals surface area contributed by atoms with Crippen LogP contribution in [0.2, 0.25) is 0 Å². The first kappa shape index (κ1) is 18.3. The second-order valence-corrected chi connectivity index (χ2v) is 6.95. The maximum atomic E-state index is 12.1. The summed E-state index contributed by atoms with van der Waals surface area (Å²) in [7, 11) is -3.60. The Morgan fingerprint density at radius 2 is 1.91 bits per heavy atom. The molecule has 22 heavy (non-hydrogen) atoms. The summed E-state index contributed by atoms with van der Waals surface area (Å²) in [5.41, 5.74) is 0.652. The number of para-hydroxylation sites is 1. The summed E-state index contributed by atoms with van der Waals surface area (Å²) in [6, 6.07) is 6.63. The van der Waals surface area contributed by atoms with Crippen LogP contribution < -0.4 is 9.50 Å². The van der Waals surface area contributed by atoms with Gasteiger partial charge in [-0.15, -0.1) is 0 Å². The van der Waals surface area contributed by atoms with Gasteiger partial charge in [0.25, 0.3) is 0 Å². The van der Waals surface area contributed by atoms with Crippen LogP contribution in [-0.4, -0.2) is 37.7 Å². The zero-order valence-corrected chi connectivity index (χ0v) is 14.3. The van der Waals surface area contributed by atoms with Crippen LogP contribution in [-0.2, 0) is 16.7 Å². The number of carbonyl (C=O) groups excluding carboxylic acids is 1. The molecular formula is C15H24N2O4S. The van der Waals surface area contributed by atoms with Crippen molar-refractivity contribution in [3.63, 3.8) is 0 Å². The molecule has 0 aromatic heterocycles. The first-order chi connectivity index (χ1) is 10.3. The molecule has 1 aromatic carbocycles. The number of rotatable bonds is 7. The minimum atomic E-state index is -3.60. The predicted octanol–water partition coefficient (Wildman–Crippen LogP) is 2.36. The molecule has 0 bridgehead atoms. The van der Waals surface area contributed by atoms with Crippen molar-refractivity contribution in [1.82, 2.24) is 10.2 Å². The van der Waals surface area contributed by atoms with E-state index in [1.807, 2.05) is 20.8 Å². The third-order valence-corrected chi connectivity index (χ3v) is 4.24. The Labute approximate surface area is 132 Å². The maximum Gasteiger partial charge on any atom is 0.317 e. The second-order valence-electron chi connectivity index (χ2n) is 5.09. The molecule has 7 heteroatoms. The van der Waals surface area contributed by atoms with Gasteiger partial charge in [0.05, 0.1) is 12.3 Å². The molecule has 0 fully saturated rings. The van der Waals surface area contributed by atoms with E-state index in [9.17, 15) is 13.2 Å². The molecule has 0 aliphatic heterocycles. The van der Waals surface area contributed by atoms with Crippen molar-refractivity contribution in [2.45, 2.75) is 40.3 Å². The zero-order chi connectivity index (χ0) is 16.8. The van der Waals surface area contributed by atoms with Crippen LogP contribution in [0.3, 0.4) is 0 Å². The summed E-state index contributed by atoms with van der Waals surface area (Å²) in [6.45, 7) is 7.99. The number of urea groups is 1. The van der Waals surface area contributed by atoms with E-state index in [4.69, 9.17) is 4.18 Å². The van der Waals surface area contributed by atoms with E-state index in [1.165, 1.54) is 6.92 Å². The fourth-order valence-corrected chi connectivity index (χ4v) is 2.39. The summed E-state index contributed by atoms with van der Waals surface area (Å²) in [5.74, 6) is 0.158. The number of benzene rings is 1. The molecule has 0 radical (unpaired) electrons. The number of hydrogen-bond donors (Lipinski definition) is 1. The Morgan fingerprint density at radius 3 is 2.45 bits per heavy atom. The van der Waals surface area contributed by atoms with Crippen molar-refractivity contribution >= 4 is 16.1 Å². The van der Waals surface area contributed by atoms with Gasteiger partial charge in [-0.05, 0) is 33.8 Å². The molecule has 6 nitrogen and oxygen atoms in total. The SMILES string of the molecule is CCNC(=O)N(Cc1ccccc1OS(=O)(=O)CC)C(C)C. The van der Waals surface area contributed by atoms with Crippen LogP contribution in [0.25, 0.3) is 0 Å². The average molecular weight is 328 g/mol. The lowest BCUT2D eigenvalue weighted by molar-refractivity contribution is 0.180. The summed E-state index contributed by atoms with van der Waals surface area (Å²) >= 11 is 0. The van der Waals surface area contributed by atoms with Crippen LogP contribution in [0.1, 0.15) is 33.3 Å². The minimum Gasteiger partial charge on any atom is -0.382 e. The Balaban J connectivity index is 3.03. The van der Waals surface area contributed by atoms with Crippen molar-refractivity contribution in [3.05, 3.63) is 29.8 Å². The molecule has 0 aliphatic carbocycles. The monoisotopic (exact) mass is 328 g/mol. The zero-order valence-electron chi connectivity index (χ0n) is 13.5. The van der Waals surface area contributed by atoms with E-state index in [2.05, 4.69) is 5.32 Å². The number of nitrogens with one attached hydrogen (secondary N) is 1. The Morgan fingerprint density at radius 1 is 1.27 bits per heavy atom. The van der Waals surface area contributed by atoms with Crippen LogP contribution in [0, 0.1) is 0 Å². The molecule has 0 aliphatic rings. The second kappa shape index (κ2) is 8.03. The summed E-state index contributed by atoms with van der Waals surface area (Å²) in [5, 5.41) is 2.75. The molecule has 0 saturated carbocycles. The highest BCUT2D eigenvalue weighted by Gasteiger charge is 2.20. The molecule has 1 aromatic rings. The number of carbonyl (C=O) groups is 1. The summed E-state index contributed by atoms with van der Waals surface area (Å²) in [4.78, 5) is 13.7. The lowest BCUT2D eigenvalue weighted by Gasteiger charge is -2.27. The predicted molar refractivity (Wildman–Crippen MR) is 86.3 cm³/mol. The van der Waals surface area contributed by atoms with Gasteiger partial charge in [-0.2, -0.15) is 8.42 Å². The van der Waals surface area contributed by atoms with Gasteiger partial charge in [-0.1, -0.05) is 18.2 Å². The third kappa shape index (κ3) is 5.22. The topological polar surface area (TPSA) is 75.7 Å². The van der Waals surface area contributed by atoms with Gasteiger partial charge in [0.2, 0.25) is 0 Å². The van der Waals surface area contributed by atoms with Crippen LogP contribution in [0.5, 0.6) is 5.75 Å². The summed E-state index contributed by atoms with van der Waals surface area (Å²) < 4.78 is 28.4.